The van der Waals surface area contributed by atoms with Gasteiger partial charge in [-0.05, 0) is 75.6 Å². The lowest BCUT2D eigenvalue weighted by atomic mass is 10.1. The summed E-state index contributed by atoms with van der Waals surface area (Å²) in [6.45, 7) is 0.411. The molecule has 0 heterocycles. The third-order valence-corrected chi connectivity index (χ3v) is 5.73. The molecule has 1 amide bonds. The van der Waals surface area contributed by atoms with Gasteiger partial charge in [-0.2, -0.15) is 5.26 Å². The molecule has 0 bridgehead atoms. The summed E-state index contributed by atoms with van der Waals surface area (Å²) in [6.07, 6.45) is 1.50. The highest BCUT2D eigenvalue weighted by Gasteiger charge is 2.13. The lowest BCUT2D eigenvalue weighted by molar-refractivity contribution is -0.112. The predicted octanol–water partition coefficient (Wildman–Crippen LogP) is 7.00. The maximum absolute atomic E-state index is 12.6. The Hall–Kier alpha value is -2.79. The number of ether oxygens (including phenoxy) is 2. The van der Waals surface area contributed by atoms with Gasteiger partial charge in [-0.25, -0.2) is 0 Å². The second kappa shape index (κ2) is 11.2. The van der Waals surface area contributed by atoms with Crippen molar-refractivity contribution in [3.63, 3.8) is 0 Å². The van der Waals surface area contributed by atoms with E-state index in [4.69, 9.17) is 21.1 Å². The molecule has 3 aromatic rings. The van der Waals surface area contributed by atoms with Crippen LogP contribution in [0.2, 0.25) is 5.02 Å². The molecule has 0 aliphatic heterocycles. The number of nitriles is 1. The molecule has 0 unspecified atom stereocenters. The van der Waals surface area contributed by atoms with Gasteiger partial charge in [-0.15, -0.1) is 0 Å². The largest absolute Gasteiger partial charge is 0.495 e. The van der Waals surface area contributed by atoms with Crippen molar-refractivity contribution in [2.75, 3.05) is 12.4 Å². The summed E-state index contributed by atoms with van der Waals surface area (Å²) in [6, 6.07) is 20.0. The van der Waals surface area contributed by atoms with Crippen LogP contribution in [0.15, 0.2) is 75.2 Å². The molecular formula is C24H17Br2ClN2O3. The molecule has 162 valence electrons. The van der Waals surface area contributed by atoms with Gasteiger partial charge in [0.05, 0.1) is 17.3 Å². The van der Waals surface area contributed by atoms with Crippen molar-refractivity contribution < 1.29 is 14.3 Å². The first-order valence-corrected chi connectivity index (χ1v) is 11.3. The number of methoxy groups -OCH3 is 1. The molecule has 0 aliphatic rings. The van der Waals surface area contributed by atoms with Gasteiger partial charge in [0.25, 0.3) is 5.91 Å². The average molecular weight is 577 g/mol. The molecule has 0 radical (unpaired) electrons. The van der Waals surface area contributed by atoms with Crippen molar-refractivity contribution in [2.45, 2.75) is 6.61 Å². The first-order chi connectivity index (χ1) is 15.4. The average Bonchev–Trinajstić information content (AvgIpc) is 2.78. The Balaban J connectivity index is 1.73. The SMILES string of the molecule is COc1ccc(Cl)cc1NC(=O)/C(C#N)=C/c1ccc(OCc2ccc(Br)cc2)c(Br)c1. The molecule has 0 saturated carbocycles. The normalized spacial score (nSPS) is 10.9. The Morgan fingerprint density at radius 1 is 1.09 bits per heavy atom. The third kappa shape index (κ3) is 6.36. The topological polar surface area (TPSA) is 71.3 Å². The lowest BCUT2D eigenvalue weighted by Crippen LogP contribution is -2.14. The zero-order chi connectivity index (χ0) is 23.1. The molecule has 1 N–H and O–H groups in total. The van der Waals surface area contributed by atoms with Crippen molar-refractivity contribution in [3.05, 3.63) is 91.3 Å². The van der Waals surface area contributed by atoms with Gasteiger partial charge >= 0.3 is 0 Å². The number of nitrogens with one attached hydrogen (secondary N) is 1. The van der Waals surface area contributed by atoms with Crippen molar-refractivity contribution in [1.82, 2.24) is 0 Å². The number of hydrogen-bond donors (Lipinski definition) is 1. The van der Waals surface area contributed by atoms with Crippen LogP contribution in [0.3, 0.4) is 0 Å². The fourth-order valence-corrected chi connectivity index (χ4v) is 3.70. The fourth-order valence-electron chi connectivity index (χ4n) is 2.75. The number of anilines is 1. The van der Waals surface area contributed by atoms with E-state index in [9.17, 15) is 10.1 Å². The lowest BCUT2D eigenvalue weighted by Gasteiger charge is -2.11. The second-order valence-electron chi connectivity index (χ2n) is 6.57. The Morgan fingerprint density at radius 2 is 1.81 bits per heavy atom. The van der Waals surface area contributed by atoms with Crippen LogP contribution in [0.4, 0.5) is 5.69 Å². The van der Waals surface area contributed by atoms with Crippen LogP contribution >= 0.6 is 43.5 Å². The van der Waals surface area contributed by atoms with Crippen LogP contribution in [0.5, 0.6) is 11.5 Å². The zero-order valence-electron chi connectivity index (χ0n) is 16.9. The van der Waals surface area contributed by atoms with E-state index in [1.807, 2.05) is 30.3 Å². The van der Waals surface area contributed by atoms with Crippen LogP contribution in [0.25, 0.3) is 6.08 Å². The third-order valence-electron chi connectivity index (χ3n) is 4.35. The van der Waals surface area contributed by atoms with Crippen LogP contribution < -0.4 is 14.8 Å². The molecular weight excluding hydrogens is 560 g/mol. The molecule has 0 spiro atoms. The number of carbonyl (C=O) groups excluding carboxylic acids is 1. The van der Waals surface area contributed by atoms with Crippen molar-refractivity contribution in [3.8, 4) is 17.6 Å². The summed E-state index contributed by atoms with van der Waals surface area (Å²) in [7, 11) is 1.48. The summed E-state index contributed by atoms with van der Waals surface area (Å²) in [5.74, 6) is 0.520. The summed E-state index contributed by atoms with van der Waals surface area (Å²) in [5.41, 5.74) is 2.01. The van der Waals surface area contributed by atoms with Gasteiger partial charge in [0, 0.05) is 9.50 Å². The highest BCUT2D eigenvalue weighted by Crippen LogP contribution is 2.30. The summed E-state index contributed by atoms with van der Waals surface area (Å²) in [5, 5.41) is 12.6. The predicted molar refractivity (Wildman–Crippen MR) is 133 cm³/mol. The minimum atomic E-state index is -0.570. The van der Waals surface area contributed by atoms with E-state index in [1.54, 1.807) is 36.4 Å². The smallest absolute Gasteiger partial charge is 0.266 e. The Bertz CT molecular complexity index is 1200. The maximum Gasteiger partial charge on any atom is 0.266 e. The van der Waals surface area contributed by atoms with E-state index >= 15 is 0 Å². The monoisotopic (exact) mass is 574 g/mol. The number of carbonyl (C=O) groups is 1. The quantitative estimate of drug-likeness (QED) is 0.243. The second-order valence-corrected chi connectivity index (χ2v) is 8.78. The molecule has 0 aromatic heterocycles. The van der Waals surface area contributed by atoms with Crippen LogP contribution in [0.1, 0.15) is 11.1 Å². The summed E-state index contributed by atoms with van der Waals surface area (Å²) in [4.78, 5) is 12.6. The standard InChI is InChI=1S/C24H17Br2ClN2O3/c1-31-23-9-7-19(27)12-21(23)29-24(30)17(13-28)10-16-4-8-22(20(26)11-16)32-14-15-2-5-18(25)6-3-15/h2-12H,14H2,1H3,(H,29,30)/b17-10+. The van der Waals surface area contributed by atoms with Gasteiger partial charge in [0.15, 0.2) is 0 Å². The Morgan fingerprint density at radius 3 is 2.47 bits per heavy atom. The van der Waals surface area contributed by atoms with Crippen LogP contribution in [-0.2, 0) is 11.4 Å². The molecule has 0 atom stereocenters. The van der Waals surface area contributed by atoms with Crippen LogP contribution in [0, 0.1) is 11.3 Å². The van der Waals surface area contributed by atoms with Gasteiger partial charge in [0.2, 0.25) is 0 Å². The van der Waals surface area contributed by atoms with Gasteiger partial charge in [-0.1, -0.05) is 45.7 Å². The minimum Gasteiger partial charge on any atom is -0.495 e. The molecule has 3 rings (SSSR count). The highest BCUT2D eigenvalue weighted by atomic mass is 79.9. The molecule has 5 nitrogen and oxygen atoms in total. The summed E-state index contributed by atoms with van der Waals surface area (Å²) >= 11 is 12.9. The van der Waals surface area contributed by atoms with E-state index in [0.29, 0.717) is 38.9 Å². The molecule has 0 aliphatic carbocycles. The first kappa shape index (κ1) is 23.9. The fraction of sp³-hybridized carbons (Fsp3) is 0.0833. The zero-order valence-corrected chi connectivity index (χ0v) is 20.8. The molecule has 0 fully saturated rings. The number of halogens is 3. The number of nitrogens with zero attached hydrogens (tertiary/aromatic N) is 1. The number of rotatable bonds is 7. The number of hydrogen-bond acceptors (Lipinski definition) is 4. The first-order valence-electron chi connectivity index (χ1n) is 9.33. The van der Waals surface area contributed by atoms with Gasteiger partial charge < -0.3 is 14.8 Å². The molecule has 0 saturated heterocycles. The minimum absolute atomic E-state index is 0.0672. The molecule has 8 heteroatoms. The Labute approximate surface area is 207 Å². The maximum atomic E-state index is 12.6. The molecule has 32 heavy (non-hydrogen) atoms. The Kier molecular flexibility index (Phi) is 8.34. The molecule has 3 aromatic carbocycles. The van der Waals surface area contributed by atoms with Crippen molar-refractivity contribution in [2.24, 2.45) is 0 Å². The van der Waals surface area contributed by atoms with E-state index in [1.165, 1.54) is 13.2 Å². The number of benzene rings is 3. The van der Waals surface area contributed by atoms with Crippen molar-refractivity contribution in [1.29, 1.82) is 5.26 Å². The van der Waals surface area contributed by atoms with Gasteiger partial charge in [-0.3, -0.25) is 4.79 Å². The number of amides is 1. The van der Waals surface area contributed by atoms with Crippen molar-refractivity contribution >= 4 is 61.1 Å². The van der Waals surface area contributed by atoms with E-state index in [0.717, 1.165) is 10.0 Å². The van der Waals surface area contributed by atoms with E-state index in [2.05, 4.69) is 37.2 Å². The van der Waals surface area contributed by atoms with E-state index in [-0.39, 0.29) is 5.57 Å². The van der Waals surface area contributed by atoms with E-state index < -0.39 is 5.91 Å². The van der Waals surface area contributed by atoms with Crippen LogP contribution in [-0.4, -0.2) is 13.0 Å². The summed E-state index contributed by atoms with van der Waals surface area (Å²) < 4.78 is 12.8. The highest BCUT2D eigenvalue weighted by molar-refractivity contribution is 9.10. The van der Waals surface area contributed by atoms with Gasteiger partial charge in [0.1, 0.15) is 29.7 Å².